The molecular formula is C28H31N3O2. The molecule has 0 radical (unpaired) electrons. The third kappa shape index (κ3) is 5.14. The second kappa shape index (κ2) is 9.57. The van der Waals surface area contributed by atoms with Crippen LogP contribution >= 0.6 is 0 Å². The largest absolute Gasteiger partial charge is 0.348 e. The van der Waals surface area contributed by atoms with Gasteiger partial charge in [0.1, 0.15) is 0 Å². The number of carbonyl (C=O) groups is 2. The van der Waals surface area contributed by atoms with Crippen molar-refractivity contribution in [2.24, 2.45) is 5.41 Å². The number of amides is 2. The maximum Gasteiger partial charge on any atom is 0.230 e. The fourth-order valence-corrected chi connectivity index (χ4v) is 4.74. The van der Waals surface area contributed by atoms with E-state index in [1.165, 1.54) is 5.56 Å². The molecule has 5 nitrogen and oxygen atoms in total. The number of aryl methyl sites for hydroxylation is 1. The van der Waals surface area contributed by atoms with Gasteiger partial charge in [0.15, 0.2) is 0 Å². The van der Waals surface area contributed by atoms with Gasteiger partial charge < -0.3 is 9.80 Å². The number of hydrogen-bond acceptors (Lipinski definition) is 3. The molecule has 5 heteroatoms. The Hall–Kier alpha value is -3.47. The van der Waals surface area contributed by atoms with Crippen LogP contribution in [0.15, 0.2) is 73.1 Å². The van der Waals surface area contributed by atoms with Crippen LogP contribution in [0, 0.1) is 12.3 Å². The van der Waals surface area contributed by atoms with Crippen LogP contribution in [0.4, 0.5) is 0 Å². The fourth-order valence-electron chi connectivity index (χ4n) is 4.74. The van der Waals surface area contributed by atoms with Gasteiger partial charge in [-0.25, -0.2) is 0 Å². The normalized spacial score (nSPS) is 17.7. The van der Waals surface area contributed by atoms with Gasteiger partial charge in [-0.1, -0.05) is 54.1 Å². The monoisotopic (exact) mass is 441 g/mol. The number of nitrogens with zero attached hydrogens (tertiary/aromatic N) is 3. The molecule has 1 aliphatic rings. The van der Waals surface area contributed by atoms with E-state index in [1.54, 1.807) is 31.4 Å². The van der Waals surface area contributed by atoms with Crippen LogP contribution in [0.1, 0.15) is 23.1 Å². The summed E-state index contributed by atoms with van der Waals surface area (Å²) in [5, 5.41) is 0. The Balaban J connectivity index is 1.55. The van der Waals surface area contributed by atoms with E-state index in [0.717, 1.165) is 22.3 Å². The zero-order valence-electron chi connectivity index (χ0n) is 19.6. The molecule has 0 N–H and O–H groups in total. The average molecular weight is 442 g/mol. The maximum atomic E-state index is 13.4. The molecule has 0 saturated carbocycles. The van der Waals surface area contributed by atoms with Crippen LogP contribution < -0.4 is 0 Å². The van der Waals surface area contributed by atoms with E-state index < -0.39 is 5.41 Å². The van der Waals surface area contributed by atoms with Gasteiger partial charge in [0.05, 0.1) is 11.8 Å². The van der Waals surface area contributed by atoms with Gasteiger partial charge >= 0.3 is 0 Å². The lowest BCUT2D eigenvalue weighted by Gasteiger charge is -2.31. The van der Waals surface area contributed by atoms with Crippen molar-refractivity contribution in [3.63, 3.8) is 0 Å². The van der Waals surface area contributed by atoms with E-state index >= 15 is 0 Å². The Kier molecular flexibility index (Phi) is 6.59. The summed E-state index contributed by atoms with van der Waals surface area (Å²) in [7, 11) is 3.60. The summed E-state index contributed by atoms with van der Waals surface area (Å²) in [4.78, 5) is 34.1. The molecule has 1 aliphatic heterocycles. The molecule has 0 bridgehead atoms. The van der Waals surface area contributed by atoms with Crippen LogP contribution in [-0.4, -0.2) is 53.8 Å². The van der Waals surface area contributed by atoms with Gasteiger partial charge in [-0.05, 0) is 54.2 Å². The average Bonchev–Trinajstić information content (AvgIpc) is 3.26. The summed E-state index contributed by atoms with van der Waals surface area (Å²) in [6, 6.07) is 20.4. The van der Waals surface area contributed by atoms with Gasteiger partial charge in [0, 0.05) is 39.6 Å². The molecule has 2 heterocycles. The summed E-state index contributed by atoms with van der Waals surface area (Å²) in [5.41, 5.74) is 4.88. The first kappa shape index (κ1) is 22.7. The van der Waals surface area contributed by atoms with Crippen molar-refractivity contribution in [3.05, 3.63) is 89.7 Å². The van der Waals surface area contributed by atoms with Crippen molar-refractivity contribution in [2.45, 2.75) is 26.2 Å². The number of rotatable bonds is 6. The van der Waals surface area contributed by atoms with Gasteiger partial charge in [-0.15, -0.1) is 0 Å². The molecule has 1 saturated heterocycles. The van der Waals surface area contributed by atoms with Crippen molar-refractivity contribution in [3.8, 4) is 11.1 Å². The SMILES string of the molecule is Cc1ccc(CC(=O)N2CC[C@@](Cc3cccc(-c4ccncc4)c3)(C(=O)N(C)C)C2)cc1. The molecule has 0 spiro atoms. The minimum absolute atomic E-state index is 0.0813. The van der Waals surface area contributed by atoms with Crippen LogP contribution in [0.25, 0.3) is 11.1 Å². The minimum Gasteiger partial charge on any atom is -0.348 e. The molecule has 0 aliphatic carbocycles. The number of pyridine rings is 1. The van der Waals surface area contributed by atoms with E-state index in [-0.39, 0.29) is 11.8 Å². The van der Waals surface area contributed by atoms with Crippen molar-refractivity contribution in [1.82, 2.24) is 14.8 Å². The first-order chi connectivity index (χ1) is 15.9. The zero-order chi connectivity index (χ0) is 23.4. The number of benzene rings is 2. The zero-order valence-corrected chi connectivity index (χ0v) is 19.6. The van der Waals surface area contributed by atoms with Gasteiger partial charge in [-0.2, -0.15) is 0 Å². The molecular weight excluding hydrogens is 410 g/mol. The molecule has 33 heavy (non-hydrogen) atoms. The van der Waals surface area contributed by atoms with Crippen LogP contribution in [0.3, 0.4) is 0 Å². The minimum atomic E-state index is -0.608. The Labute approximate surface area is 196 Å². The highest BCUT2D eigenvalue weighted by Gasteiger charge is 2.46. The first-order valence-corrected chi connectivity index (χ1v) is 11.4. The number of carbonyl (C=O) groups excluding carboxylic acids is 2. The van der Waals surface area contributed by atoms with Crippen molar-refractivity contribution in [1.29, 1.82) is 0 Å². The second-order valence-electron chi connectivity index (χ2n) is 9.32. The van der Waals surface area contributed by atoms with E-state index in [2.05, 4.69) is 23.2 Å². The van der Waals surface area contributed by atoms with Crippen molar-refractivity contribution >= 4 is 11.8 Å². The third-order valence-corrected chi connectivity index (χ3v) is 6.53. The molecule has 2 amide bonds. The van der Waals surface area contributed by atoms with E-state index in [1.807, 2.05) is 54.3 Å². The predicted octanol–water partition coefficient (Wildman–Crippen LogP) is 4.15. The Bertz CT molecular complexity index is 1130. The standard InChI is InChI=1S/C28H31N3O2/c1-21-7-9-22(10-8-21)18-26(32)31-16-13-28(20-31,27(33)30(2)3)19-23-5-4-6-25(17-23)24-11-14-29-15-12-24/h4-12,14-15,17H,13,16,18-20H2,1-3H3/t28-/m0/s1. The third-order valence-electron chi connectivity index (χ3n) is 6.53. The highest BCUT2D eigenvalue weighted by Crippen LogP contribution is 2.37. The number of likely N-dealkylation sites (tertiary alicyclic amines) is 1. The first-order valence-electron chi connectivity index (χ1n) is 11.4. The second-order valence-corrected chi connectivity index (χ2v) is 9.32. The maximum absolute atomic E-state index is 13.4. The molecule has 4 rings (SSSR count). The number of hydrogen-bond donors (Lipinski definition) is 0. The Morgan fingerprint density at radius 1 is 0.970 bits per heavy atom. The summed E-state index contributed by atoms with van der Waals surface area (Å²) >= 11 is 0. The number of aromatic nitrogens is 1. The van der Waals surface area contributed by atoms with Crippen molar-refractivity contribution < 1.29 is 9.59 Å². The summed E-state index contributed by atoms with van der Waals surface area (Å²) in [6.07, 6.45) is 5.21. The molecule has 2 aromatic carbocycles. The van der Waals surface area contributed by atoms with Crippen LogP contribution in [0.2, 0.25) is 0 Å². The highest BCUT2D eigenvalue weighted by molar-refractivity contribution is 5.86. The predicted molar refractivity (Wildman–Crippen MR) is 131 cm³/mol. The van der Waals surface area contributed by atoms with Gasteiger partial charge in [0.2, 0.25) is 11.8 Å². The van der Waals surface area contributed by atoms with E-state index in [4.69, 9.17) is 0 Å². The lowest BCUT2D eigenvalue weighted by atomic mass is 9.79. The molecule has 170 valence electrons. The quantitative estimate of drug-likeness (QED) is 0.578. The molecule has 1 fully saturated rings. The fraction of sp³-hybridized carbons (Fsp3) is 0.321. The lowest BCUT2D eigenvalue weighted by Crippen LogP contribution is -2.44. The van der Waals surface area contributed by atoms with E-state index in [9.17, 15) is 9.59 Å². The summed E-state index contributed by atoms with van der Waals surface area (Å²) < 4.78 is 0. The van der Waals surface area contributed by atoms with E-state index in [0.29, 0.717) is 32.4 Å². The summed E-state index contributed by atoms with van der Waals surface area (Å²) in [6.45, 7) is 3.10. The molecule has 1 aromatic heterocycles. The lowest BCUT2D eigenvalue weighted by molar-refractivity contribution is -0.139. The molecule has 0 unspecified atom stereocenters. The van der Waals surface area contributed by atoms with Gasteiger partial charge in [-0.3, -0.25) is 14.6 Å². The molecule has 3 aromatic rings. The Morgan fingerprint density at radius 2 is 1.70 bits per heavy atom. The van der Waals surface area contributed by atoms with Gasteiger partial charge in [0.25, 0.3) is 0 Å². The smallest absolute Gasteiger partial charge is 0.230 e. The summed E-state index contributed by atoms with van der Waals surface area (Å²) in [5.74, 6) is 0.167. The van der Waals surface area contributed by atoms with Crippen molar-refractivity contribution in [2.75, 3.05) is 27.2 Å². The van der Waals surface area contributed by atoms with Crippen LogP contribution in [0.5, 0.6) is 0 Å². The Morgan fingerprint density at radius 3 is 2.39 bits per heavy atom. The highest BCUT2D eigenvalue weighted by atomic mass is 16.2. The topological polar surface area (TPSA) is 53.5 Å². The molecule has 1 atom stereocenters. The van der Waals surface area contributed by atoms with Crippen LogP contribution in [-0.2, 0) is 22.4 Å².